The molecule has 2 aromatic carbocycles. The summed E-state index contributed by atoms with van der Waals surface area (Å²) in [4.78, 5) is 9.46. The second-order valence-corrected chi connectivity index (χ2v) is 8.79. The van der Waals surface area contributed by atoms with Gasteiger partial charge in [-0.05, 0) is 62.9 Å². The van der Waals surface area contributed by atoms with E-state index in [9.17, 15) is 35.3 Å². The van der Waals surface area contributed by atoms with Crippen LogP contribution in [0.3, 0.4) is 0 Å². The maximum absolute atomic E-state index is 13.9. The summed E-state index contributed by atoms with van der Waals surface area (Å²) in [6, 6.07) is 3.34. The molecule has 2 aromatic rings. The van der Waals surface area contributed by atoms with Gasteiger partial charge in [0.05, 0.1) is 7.14 Å². The highest BCUT2D eigenvalue weighted by Gasteiger charge is 2.31. The smallest absolute Gasteiger partial charge is 0.349 e. The third-order valence-corrected chi connectivity index (χ3v) is 5.70. The average Bonchev–Trinajstić information content (AvgIpc) is 2.61. The molecule has 0 spiro atoms. The average molecular weight is 657 g/mol. The summed E-state index contributed by atoms with van der Waals surface area (Å²) in [5.74, 6) is -12.8. The van der Waals surface area contributed by atoms with Crippen molar-refractivity contribution in [1.82, 2.24) is 0 Å². The van der Waals surface area contributed by atoms with E-state index >= 15 is 0 Å². The fraction of sp³-hybridized carbons (Fsp3) is 0.0625. The fourth-order valence-corrected chi connectivity index (χ4v) is 4.76. The summed E-state index contributed by atoms with van der Waals surface area (Å²) >= 11 is 3.80. The van der Waals surface area contributed by atoms with E-state index in [1.54, 1.807) is 18.2 Å². The SMILES string of the molecule is C=Cc1cc(I)c(OCC(=O)Oc2c(F)c(F)c(S(=O)(=O)[O-])c(F)c2F)c(I)c1. The molecule has 6 nitrogen and oxygen atoms in total. The number of halogens is 6. The highest BCUT2D eigenvalue weighted by molar-refractivity contribution is 14.1. The monoisotopic (exact) mass is 657 g/mol. The van der Waals surface area contributed by atoms with E-state index in [1.807, 2.05) is 45.2 Å². The molecule has 0 aromatic heterocycles. The minimum Gasteiger partial charge on any atom is -0.744 e. The lowest BCUT2D eigenvalue weighted by molar-refractivity contribution is -0.137. The molecular formula is C16H7F4I2O6S-. The van der Waals surface area contributed by atoms with E-state index in [0.717, 1.165) is 5.56 Å². The van der Waals surface area contributed by atoms with E-state index in [1.165, 1.54) is 0 Å². The molecule has 0 aliphatic rings. The first-order valence-electron chi connectivity index (χ1n) is 7.15. The van der Waals surface area contributed by atoms with Crippen LogP contribution in [0.25, 0.3) is 6.08 Å². The first kappa shape index (κ1) is 23.8. The number of esters is 1. The molecule has 0 saturated carbocycles. The minimum absolute atomic E-state index is 0.236. The van der Waals surface area contributed by atoms with Gasteiger partial charge in [-0.25, -0.2) is 22.0 Å². The molecule has 0 fully saturated rings. The lowest BCUT2D eigenvalue weighted by atomic mass is 10.2. The zero-order chi connectivity index (χ0) is 22.1. The summed E-state index contributed by atoms with van der Waals surface area (Å²) in [5.41, 5.74) is 0.761. The van der Waals surface area contributed by atoms with Crippen LogP contribution >= 0.6 is 45.2 Å². The van der Waals surface area contributed by atoms with Gasteiger partial charge in [0, 0.05) is 0 Å². The van der Waals surface area contributed by atoms with Crippen molar-refractivity contribution < 1.29 is 44.8 Å². The molecule has 0 bridgehead atoms. The van der Waals surface area contributed by atoms with Crippen LogP contribution in [0.5, 0.6) is 11.5 Å². The Morgan fingerprint density at radius 3 is 1.93 bits per heavy atom. The lowest BCUT2D eigenvalue weighted by Gasteiger charge is -2.14. The molecule has 0 heterocycles. The zero-order valence-electron chi connectivity index (χ0n) is 13.8. The van der Waals surface area contributed by atoms with Crippen LogP contribution in [0.2, 0.25) is 0 Å². The van der Waals surface area contributed by atoms with Crippen molar-refractivity contribution in [3.63, 3.8) is 0 Å². The van der Waals surface area contributed by atoms with Gasteiger partial charge in [0.25, 0.3) is 0 Å². The number of rotatable bonds is 6. The molecule has 0 radical (unpaired) electrons. The maximum atomic E-state index is 13.9. The predicted octanol–water partition coefficient (Wildman–Crippen LogP) is 3.98. The van der Waals surface area contributed by atoms with Crippen molar-refractivity contribution in [3.8, 4) is 11.5 Å². The molecule has 0 N–H and O–H groups in total. The van der Waals surface area contributed by atoms with Crippen LogP contribution < -0.4 is 9.47 Å². The number of carbonyl (C=O) groups excluding carboxylic acids is 1. The molecule has 156 valence electrons. The molecule has 0 unspecified atom stereocenters. The number of hydrogen-bond donors (Lipinski definition) is 0. The standard InChI is InChI=1S/C16H8F4I2O6S/c1-2-6-3-7(21)14(8(22)4-6)27-5-9(23)28-15-10(17)12(19)16(29(24,25)26)13(20)11(15)18/h2-4H,1,5H2,(H,24,25,26)/p-1. The Balaban J connectivity index is 2.28. The third-order valence-electron chi connectivity index (χ3n) is 3.24. The van der Waals surface area contributed by atoms with Gasteiger partial charge in [-0.1, -0.05) is 12.7 Å². The molecule has 2 rings (SSSR count). The Morgan fingerprint density at radius 1 is 1.03 bits per heavy atom. The summed E-state index contributed by atoms with van der Waals surface area (Å²) in [7, 11) is -5.87. The van der Waals surface area contributed by atoms with Crippen molar-refractivity contribution in [3.05, 3.63) is 54.7 Å². The molecule has 13 heteroatoms. The predicted molar refractivity (Wildman–Crippen MR) is 107 cm³/mol. The highest BCUT2D eigenvalue weighted by Crippen LogP contribution is 2.33. The van der Waals surface area contributed by atoms with Crippen molar-refractivity contribution in [1.29, 1.82) is 0 Å². The van der Waals surface area contributed by atoms with Crippen LogP contribution in [-0.4, -0.2) is 25.5 Å². The fourth-order valence-electron chi connectivity index (χ4n) is 2.01. The summed E-state index contributed by atoms with van der Waals surface area (Å²) in [6.45, 7) is 2.71. The van der Waals surface area contributed by atoms with Crippen molar-refractivity contribution >= 4 is 67.3 Å². The Bertz CT molecular complexity index is 1070. The Labute approximate surface area is 188 Å². The van der Waals surface area contributed by atoms with Gasteiger partial charge in [-0.2, -0.15) is 8.78 Å². The first-order chi connectivity index (χ1) is 13.4. The Hall–Kier alpha value is -1.46. The van der Waals surface area contributed by atoms with Gasteiger partial charge in [-0.3, -0.25) is 0 Å². The van der Waals surface area contributed by atoms with Crippen molar-refractivity contribution in [2.45, 2.75) is 4.90 Å². The minimum atomic E-state index is -5.87. The summed E-state index contributed by atoms with van der Waals surface area (Å²) < 4.78 is 98.0. The molecule has 0 atom stereocenters. The number of hydrogen-bond acceptors (Lipinski definition) is 6. The largest absolute Gasteiger partial charge is 0.744 e. The zero-order valence-corrected chi connectivity index (χ0v) is 18.9. The summed E-state index contributed by atoms with van der Waals surface area (Å²) in [6.07, 6.45) is 1.57. The number of carbonyl (C=O) groups is 1. The third kappa shape index (κ3) is 5.18. The normalized spacial score (nSPS) is 11.3. The Kier molecular flexibility index (Phi) is 7.50. The van der Waals surface area contributed by atoms with Gasteiger partial charge < -0.3 is 14.0 Å². The second-order valence-electron chi connectivity index (χ2n) is 5.15. The van der Waals surface area contributed by atoms with E-state index < -0.39 is 56.6 Å². The van der Waals surface area contributed by atoms with E-state index in [-0.39, 0.29) is 5.75 Å². The number of ether oxygens (including phenoxy) is 2. The Morgan fingerprint density at radius 2 is 1.52 bits per heavy atom. The van der Waals surface area contributed by atoms with E-state index in [4.69, 9.17) is 4.74 Å². The van der Waals surface area contributed by atoms with Gasteiger partial charge in [-0.15, -0.1) is 0 Å². The lowest BCUT2D eigenvalue weighted by Crippen LogP contribution is -2.21. The summed E-state index contributed by atoms with van der Waals surface area (Å²) in [5, 5.41) is 0. The quantitative estimate of drug-likeness (QED) is 0.117. The number of benzene rings is 2. The van der Waals surface area contributed by atoms with E-state index in [2.05, 4.69) is 11.3 Å². The van der Waals surface area contributed by atoms with Gasteiger partial charge in [0.2, 0.25) is 17.4 Å². The van der Waals surface area contributed by atoms with Gasteiger partial charge >= 0.3 is 5.97 Å². The molecule has 0 saturated heterocycles. The molecule has 29 heavy (non-hydrogen) atoms. The molecule has 0 amide bonds. The van der Waals surface area contributed by atoms with Gasteiger partial charge in [0.15, 0.2) is 18.2 Å². The van der Waals surface area contributed by atoms with Crippen LogP contribution in [-0.2, 0) is 14.9 Å². The van der Waals surface area contributed by atoms with Gasteiger partial charge in [0.1, 0.15) is 20.8 Å². The van der Waals surface area contributed by atoms with Crippen LogP contribution in [0, 0.1) is 30.4 Å². The van der Waals surface area contributed by atoms with Crippen LogP contribution in [0.1, 0.15) is 5.56 Å². The maximum Gasteiger partial charge on any atom is 0.349 e. The van der Waals surface area contributed by atoms with Crippen molar-refractivity contribution in [2.24, 2.45) is 0 Å². The second kappa shape index (κ2) is 9.13. The van der Waals surface area contributed by atoms with E-state index in [0.29, 0.717) is 7.14 Å². The van der Waals surface area contributed by atoms with Crippen molar-refractivity contribution in [2.75, 3.05) is 6.61 Å². The molecule has 0 aliphatic heterocycles. The molecule has 0 aliphatic carbocycles. The van der Waals surface area contributed by atoms with Crippen LogP contribution in [0.15, 0.2) is 23.6 Å². The first-order valence-corrected chi connectivity index (χ1v) is 10.7. The highest BCUT2D eigenvalue weighted by atomic mass is 127. The van der Waals surface area contributed by atoms with Crippen LogP contribution in [0.4, 0.5) is 17.6 Å². The molecular weight excluding hydrogens is 650 g/mol. The topological polar surface area (TPSA) is 92.7 Å².